The third-order valence-electron chi connectivity index (χ3n) is 3.05. The van der Waals surface area contributed by atoms with Gasteiger partial charge in [0.05, 0.1) is 13.2 Å². The summed E-state index contributed by atoms with van der Waals surface area (Å²) >= 11 is 2.02. The summed E-state index contributed by atoms with van der Waals surface area (Å²) in [7, 11) is 0. The maximum absolute atomic E-state index is 5.68. The quantitative estimate of drug-likeness (QED) is 0.875. The second kappa shape index (κ2) is 5.08. The fraction of sp³-hybridized carbons (Fsp3) is 0.538. The first-order valence-electron chi connectivity index (χ1n) is 6.16. The fourth-order valence-corrected chi connectivity index (χ4v) is 3.29. The van der Waals surface area contributed by atoms with E-state index in [0.717, 1.165) is 36.8 Å². The van der Waals surface area contributed by atoms with Gasteiger partial charge < -0.3 is 14.8 Å². The highest BCUT2D eigenvalue weighted by Crippen LogP contribution is 2.33. The standard InChI is InChI=1S/C13H17NO2S/c1-5-15-12-3-2-10(8-13(12)16-6-1)14-11-4-7-17-9-11/h2-3,8,11,14H,1,4-7,9H2. The van der Waals surface area contributed by atoms with Crippen LogP contribution in [0.15, 0.2) is 18.2 Å². The number of hydrogen-bond donors (Lipinski definition) is 1. The zero-order chi connectivity index (χ0) is 11.5. The molecule has 0 aromatic heterocycles. The first-order chi connectivity index (χ1) is 8.42. The van der Waals surface area contributed by atoms with Crippen LogP contribution in [0.4, 0.5) is 5.69 Å². The molecule has 0 radical (unpaired) electrons. The van der Waals surface area contributed by atoms with Gasteiger partial charge in [-0.3, -0.25) is 0 Å². The van der Waals surface area contributed by atoms with Gasteiger partial charge in [0.1, 0.15) is 0 Å². The van der Waals surface area contributed by atoms with Gasteiger partial charge in [-0.1, -0.05) is 0 Å². The van der Waals surface area contributed by atoms with Crippen LogP contribution < -0.4 is 14.8 Å². The van der Waals surface area contributed by atoms with Gasteiger partial charge in [0.25, 0.3) is 0 Å². The van der Waals surface area contributed by atoms with Crippen molar-refractivity contribution in [3.8, 4) is 11.5 Å². The van der Waals surface area contributed by atoms with E-state index >= 15 is 0 Å². The van der Waals surface area contributed by atoms with Crippen molar-refractivity contribution < 1.29 is 9.47 Å². The molecule has 17 heavy (non-hydrogen) atoms. The van der Waals surface area contributed by atoms with Crippen LogP contribution in [0.2, 0.25) is 0 Å². The average molecular weight is 251 g/mol. The number of nitrogens with one attached hydrogen (secondary N) is 1. The molecule has 0 spiro atoms. The summed E-state index contributed by atoms with van der Waals surface area (Å²) in [5, 5.41) is 3.55. The van der Waals surface area contributed by atoms with Crippen molar-refractivity contribution in [2.75, 3.05) is 30.0 Å². The van der Waals surface area contributed by atoms with E-state index in [0.29, 0.717) is 6.04 Å². The number of hydrogen-bond acceptors (Lipinski definition) is 4. The molecular weight excluding hydrogens is 234 g/mol. The van der Waals surface area contributed by atoms with Gasteiger partial charge in [0.2, 0.25) is 0 Å². The second-order valence-electron chi connectivity index (χ2n) is 4.42. The first kappa shape index (κ1) is 11.1. The molecule has 3 rings (SSSR count). The topological polar surface area (TPSA) is 30.5 Å². The third-order valence-corrected chi connectivity index (χ3v) is 4.21. The Morgan fingerprint density at radius 1 is 1.18 bits per heavy atom. The van der Waals surface area contributed by atoms with Gasteiger partial charge in [-0.25, -0.2) is 0 Å². The van der Waals surface area contributed by atoms with Gasteiger partial charge in [0.15, 0.2) is 11.5 Å². The van der Waals surface area contributed by atoms with Crippen molar-refractivity contribution >= 4 is 17.4 Å². The largest absolute Gasteiger partial charge is 0.490 e. The van der Waals surface area contributed by atoms with E-state index in [1.165, 1.54) is 17.9 Å². The van der Waals surface area contributed by atoms with Crippen LogP contribution in [0.3, 0.4) is 0 Å². The van der Waals surface area contributed by atoms with E-state index in [9.17, 15) is 0 Å². The van der Waals surface area contributed by atoms with E-state index in [2.05, 4.69) is 17.4 Å². The van der Waals surface area contributed by atoms with Crippen molar-refractivity contribution in [1.29, 1.82) is 0 Å². The Morgan fingerprint density at radius 3 is 2.88 bits per heavy atom. The highest BCUT2D eigenvalue weighted by Gasteiger charge is 2.16. The Labute approximate surface area is 106 Å². The van der Waals surface area contributed by atoms with Crippen molar-refractivity contribution in [1.82, 2.24) is 0 Å². The maximum Gasteiger partial charge on any atom is 0.163 e. The number of anilines is 1. The number of thioether (sulfide) groups is 1. The van der Waals surface area contributed by atoms with Crippen molar-refractivity contribution in [2.45, 2.75) is 18.9 Å². The SMILES string of the molecule is c1cc2c(cc1NC1CCSC1)OCCCO2. The molecule has 0 bridgehead atoms. The lowest BCUT2D eigenvalue weighted by molar-refractivity contribution is 0.297. The third kappa shape index (κ3) is 2.63. The zero-order valence-corrected chi connectivity index (χ0v) is 10.6. The van der Waals surface area contributed by atoms with Crippen LogP contribution in [0.1, 0.15) is 12.8 Å². The van der Waals surface area contributed by atoms with Crippen molar-refractivity contribution in [2.24, 2.45) is 0 Å². The molecule has 2 aliphatic heterocycles. The van der Waals surface area contributed by atoms with Crippen LogP contribution >= 0.6 is 11.8 Å². The van der Waals surface area contributed by atoms with Crippen molar-refractivity contribution in [3.63, 3.8) is 0 Å². The van der Waals surface area contributed by atoms with E-state index in [4.69, 9.17) is 9.47 Å². The molecular formula is C13H17NO2S. The lowest BCUT2D eigenvalue weighted by atomic mass is 10.2. The molecule has 92 valence electrons. The summed E-state index contributed by atoms with van der Waals surface area (Å²) in [5.41, 5.74) is 1.14. The molecule has 1 fully saturated rings. The number of fused-ring (bicyclic) bond motifs is 1. The minimum absolute atomic E-state index is 0.602. The monoisotopic (exact) mass is 251 g/mol. The minimum atomic E-state index is 0.602. The molecule has 3 nitrogen and oxygen atoms in total. The highest BCUT2D eigenvalue weighted by atomic mass is 32.2. The zero-order valence-electron chi connectivity index (χ0n) is 9.78. The van der Waals surface area contributed by atoms with E-state index in [-0.39, 0.29) is 0 Å². The normalized spacial score (nSPS) is 23.2. The molecule has 1 atom stereocenters. The van der Waals surface area contributed by atoms with Crippen LogP contribution in [0, 0.1) is 0 Å². The Kier molecular flexibility index (Phi) is 3.31. The molecule has 2 heterocycles. The number of benzene rings is 1. The van der Waals surface area contributed by atoms with Gasteiger partial charge in [-0.15, -0.1) is 0 Å². The predicted molar refractivity (Wildman–Crippen MR) is 71.4 cm³/mol. The van der Waals surface area contributed by atoms with Gasteiger partial charge in [-0.05, 0) is 24.3 Å². The molecule has 1 N–H and O–H groups in total. The molecule has 1 aromatic carbocycles. The predicted octanol–water partition coefficient (Wildman–Crippen LogP) is 2.77. The Balaban J connectivity index is 1.74. The summed E-state index contributed by atoms with van der Waals surface area (Å²) in [6.07, 6.45) is 2.20. The van der Waals surface area contributed by atoms with Crippen LogP contribution in [-0.4, -0.2) is 30.8 Å². The molecule has 4 heteroatoms. The van der Waals surface area contributed by atoms with E-state index < -0.39 is 0 Å². The van der Waals surface area contributed by atoms with Crippen LogP contribution in [-0.2, 0) is 0 Å². The summed E-state index contributed by atoms with van der Waals surface area (Å²) < 4.78 is 11.3. The van der Waals surface area contributed by atoms with Gasteiger partial charge >= 0.3 is 0 Å². The van der Waals surface area contributed by atoms with E-state index in [1.807, 2.05) is 17.8 Å². The Morgan fingerprint density at radius 2 is 2.06 bits per heavy atom. The second-order valence-corrected chi connectivity index (χ2v) is 5.57. The fourth-order valence-electron chi connectivity index (χ4n) is 2.14. The van der Waals surface area contributed by atoms with Crippen LogP contribution in [0.5, 0.6) is 11.5 Å². The average Bonchev–Trinajstić information content (AvgIpc) is 2.73. The van der Waals surface area contributed by atoms with Crippen molar-refractivity contribution in [3.05, 3.63) is 18.2 Å². The van der Waals surface area contributed by atoms with Crippen LogP contribution in [0.25, 0.3) is 0 Å². The Hall–Kier alpha value is -1.03. The summed E-state index contributed by atoms with van der Waals surface area (Å²) in [6, 6.07) is 6.75. The minimum Gasteiger partial charge on any atom is -0.490 e. The molecule has 0 amide bonds. The van der Waals surface area contributed by atoms with Gasteiger partial charge in [-0.2, -0.15) is 11.8 Å². The van der Waals surface area contributed by atoms with E-state index in [1.54, 1.807) is 0 Å². The Bertz CT molecular complexity index is 391. The molecule has 1 saturated heterocycles. The number of ether oxygens (including phenoxy) is 2. The summed E-state index contributed by atoms with van der Waals surface area (Å²) in [6.45, 7) is 1.49. The lowest BCUT2D eigenvalue weighted by Crippen LogP contribution is -2.17. The van der Waals surface area contributed by atoms with Gasteiger partial charge in [0, 0.05) is 30.0 Å². The molecule has 1 aromatic rings. The first-order valence-corrected chi connectivity index (χ1v) is 7.31. The summed E-state index contributed by atoms with van der Waals surface area (Å²) in [4.78, 5) is 0. The summed E-state index contributed by atoms with van der Waals surface area (Å²) in [5.74, 6) is 4.21. The highest BCUT2D eigenvalue weighted by molar-refractivity contribution is 7.99. The molecule has 0 saturated carbocycles. The lowest BCUT2D eigenvalue weighted by Gasteiger charge is -2.15. The number of rotatable bonds is 2. The smallest absolute Gasteiger partial charge is 0.163 e. The molecule has 2 aliphatic rings. The molecule has 1 unspecified atom stereocenters. The maximum atomic E-state index is 5.68. The molecule has 0 aliphatic carbocycles.